The summed E-state index contributed by atoms with van der Waals surface area (Å²) in [4.78, 5) is 61.8. The van der Waals surface area contributed by atoms with E-state index in [1.54, 1.807) is 0 Å². The van der Waals surface area contributed by atoms with Crippen LogP contribution in [-0.4, -0.2) is 78.1 Å². The van der Waals surface area contributed by atoms with Crippen molar-refractivity contribution in [1.29, 1.82) is 0 Å². The standard InChI is InChI=1S/C24H24N6O7S3/c1-29-7-3-13(4-8-29)38-9-12-10-39-20-16(19(32)30(20)17(12)21(33)34)27-18(31)15(14-11-40-23(25)26-14)28-37-24(22(35)36)5-2-6-24/h3-4,7-8,11,16,20H,2,5-6,9-10H2,1H3,(H4-,25,26,27,31,33,34,35,36)/p+1/b28-15-/t16-,20-/m1/s1. The maximum Gasteiger partial charge on any atom is 0.352 e. The van der Waals surface area contributed by atoms with Crippen molar-refractivity contribution < 1.29 is 38.8 Å². The van der Waals surface area contributed by atoms with E-state index >= 15 is 0 Å². The Balaban J connectivity index is 1.32. The van der Waals surface area contributed by atoms with Crippen LogP contribution in [0.2, 0.25) is 0 Å². The first-order chi connectivity index (χ1) is 19.1. The van der Waals surface area contributed by atoms with E-state index in [9.17, 15) is 29.4 Å². The molecule has 1 saturated heterocycles. The molecule has 1 aliphatic carbocycles. The van der Waals surface area contributed by atoms with Crippen LogP contribution in [0.5, 0.6) is 0 Å². The fraction of sp³-hybridized carbons (Fsp3) is 0.375. The molecule has 2 aromatic heterocycles. The van der Waals surface area contributed by atoms with E-state index in [0.717, 1.165) is 16.2 Å². The number of thiazole rings is 1. The molecule has 13 nitrogen and oxygen atoms in total. The van der Waals surface area contributed by atoms with Gasteiger partial charge >= 0.3 is 11.9 Å². The third-order valence-electron chi connectivity index (χ3n) is 6.74. The Morgan fingerprint density at radius 3 is 2.62 bits per heavy atom. The molecule has 16 heteroatoms. The van der Waals surface area contributed by atoms with E-state index in [2.05, 4.69) is 15.5 Å². The van der Waals surface area contributed by atoms with Crippen molar-refractivity contribution in [3.8, 4) is 0 Å². The Bertz CT molecular complexity index is 1440. The molecule has 2 atom stereocenters. The van der Waals surface area contributed by atoms with Gasteiger partial charge in [0.25, 0.3) is 11.8 Å². The molecule has 5 N–H and O–H groups in total. The zero-order valence-electron chi connectivity index (χ0n) is 21.1. The zero-order chi connectivity index (χ0) is 28.6. The Morgan fingerprint density at radius 2 is 2.05 bits per heavy atom. The minimum Gasteiger partial charge on any atom is -0.478 e. The van der Waals surface area contributed by atoms with Crippen molar-refractivity contribution >= 4 is 69.5 Å². The summed E-state index contributed by atoms with van der Waals surface area (Å²) in [5, 5.41) is 26.9. The number of thioether (sulfide) groups is 2. The SMILES string of the molecule is C[n+]1ccc(SCC2=C(C(=O)O)N3C(=O)[C@@H](NC(=O)/C(=N\OC4(C(=O)O)CCC4)c4csc(N)n4)[C@H]3SC2)cc1. The second-order valence-electron chi connectivity index (χ2n) is 9.36. The predicted molar refractivity (Wildman–Crippen MR) is 146 cm³/mol. The smallest absolute Gasteiger partial charge is 0.352 e. The van der Waals surface area contributed by atoms with Gasteiger partial charge in [-0.25, -0.2) is 19.1 Å². The number of hydrogen-bond acceptors (Lipinski definition) is 11. The van der Waals surface area contributed by atoms with E-state index in [-0.39, 0.29) is 35.1 Å². The van der Waals surface area contributed by atoms with Crippen molar-refractivity contribution in [1.82, 2.24) is 15.2 Å². The molecule has 40 heavy (non-hydrogen) atoms. The van der Waals surface area contributed by atoms with Gasteiger partial charge in [-0.15, -0.1) is 34.9 Å². The highest BCUT2D eigenvalue weighted by atomic mass is 32.2. The van der Waals surface area contributed by atoms with Crippen LogP contribution in [0.15, 0.2) is 51.2 Å². The third kappa shape index (κ3) is 5.25. The molecule has 210 valence electrons. The Morgan fingerprint density at radius 1 is 1.32 bits per heavy atom. The van der Waals surface area contributed by atoms with Crippen LogP contribution in [0.3, 0.4) is 0 Å². The molecule has 0 aromatic carbocycles. The van der Waals surface area contributed by atoms with Gasteiger partial charge < -0.3 is 26.1 Å². The molecule has 2 aliphatic heterocycles. The molecule has 2 aromatic rings. The quantitative estimate of drug-likeness (QED) is 0.0986. The number of β-lactam (4-membered cyclic amide) rings is 1. The number of carbonyl (C=O) groups is 4. The number of amides is 2. The topological polar surface area (TPSA) is 188 Å². The number of aryl methyl sites for hydroxylation is 1. The predicted octanol–water partition coefficient (Wildman–Crippen LogP) is 0.809. The lowest BCUT2D eigenvalue weighted by Crippen LogP contribution is -2.71. The Hall–Kier alpha value is -3.63. The maximum absolute atomic E-state index is 13.3. The molecule has 1 saturated carbocycles. The molecule has 0 unspecified atom stereocenters. The largest absolute Gasteiger partial charge is 0.478 e. The highest BCUT2D eigenvalue weighted by Crippen LogP contribution is 2.42. The number of nitrogens with zero attached hydrogens (tertiary/aromatic N) is 4. The number of carboxylic acid groups (broad SMARTS) is 2. The van der Waals surface area contributed by atoms with Gasteiger partial charge in [0.2, 0.25) is 5.60 Å². The van der Waals surface area contributed by atoms with Gasteiger partial charge in [0.05, 0.1) is 0 Å². The van der Waals surface area contributed by atoms with Crippen LogP contribution >= 0.6 is 34.9 Å². The van der Waals surface area contributed by atoms with E-state index in [0.29, 0.717) is 23.5 Å². The van der Waals surface area contributed by atoms with Crippen LogP contribution in [0.4, 0.5) is 5.13 Å². The van der Waals surface area contributed by atoms with Gasteiger partial charge in [-0.05, 0) is 12.0 Å². The average Bonchev–Trinajstić information content (AvgIpc) is 3.32. The van der Waals surface area contributed by atoms with Crippen molar-refractivity contribution in [3.05, 3.63) is 46.9 Å². The summed E-state index contributed by atoms with van der Waals surface area (Å²) in [5.41, 5.74) is 4.47. The fourth-order valence-electron chi connectivity index (χ4n) is 4.33. The number of nitrogens with two attached hydrogens (primary N) is 1. The van der Waals surface area contributed by atoms with Crippen LogP contribution in [0.25, 0.3) is 0 Å². The molecule has 2 fully saturated rings. The van der Waals surface area contributed by atoms with Gasteiger partial charge in [-0.2, -0.15) is 0 Å². The van der Waals surface area contributed by atoms with Crippen molar-refractivity contribution in [2.75, 3.05) is 17.2 Å². The number of oxime groups is 1. The summed E-state index contributed by atoms with van der Waals surface area (Å²) in [6, 6.07) is 2.83. The number of fused-ring (bicyclic) bond motifs is 1. The van der Waals surface area contributed by atoms with Gasteiger partial charge in [-0.1, -0.05) is 5.16 Å². The lowest BCUT2D eigenvalue weighted by molar-refractivity contribution is -0.671. The summed E-state index contributed by atoms with van der Waals surface area (Å²) in [5.74, 6) is -3.04. The molecule has 0 radical (unpaired) electrons. The lowest BCUT2D eigenvalue weighted by atomic mass is 9.80. The summed E-state index contributed by atoms with van der Waals surface area (Å²) in [6.07, 6.45) is 4.90. The first-order valence-electron chi connectivity index (χ1n) is 12.1. The minimum atomic E-state index is -1.53. The maximum atomic E-state index is 13.3. The van der Waals surface area contributed by atoms with Gasteiger partial charge in [-0.3, -0.25) is 14.5 Å². The summed E-state index contributed by atoms with van der Waals surface area (Å²) < 4.78 is 1.89. The summed E-state index contributed by atoms with van der Waals surface area (Å²) >= 11 is 3.88. The number of aliphatic carboxylic acids is 2. The van der Waals surface area contributed by atoms with Crippen molar-refractivity contribution in [3.63, 3.8) is 0 Å². The monoisotopic (exact) mass is 605 g/mol. The highest BCUT2D eigenvalue weighted by molar-refractivity contribution is 8.01. The molecule has 3 aliphatic rings. The van der Waals surface area contributed by atoms with Crippen molar-refractivity contribution in [2.45, 2.75) is 41.2 Å². The molecule has 2 amide bonds. The number of pyridine rings is 1. The minimum absolute atomic E-state index is 0.0692. The van der Waals surface area contributed by atoms with Crippen LogP contribution in [0, 0.1) is 0 Å². The third-order valence-corrected chi connectivity index (χ3v) is 9.85. The first kappa shape index (κ1) is 27.9. The zero-order valence-corrected chi connectivity index (χ0v) is 23.6. The first-order valence-corrected chi connectivity index (χ1v) is 15.0. The number of carboxylic acids is 2. The fourth-order valence-corrected chi connectivity index (χ4v) is 7.25. The summed E-state index contributed by atoms with van der Waals surface area (Å²) in [6.45, 7) is 0. The van der Waals surface area contributed by atoms with Gasteiger partial charge in [0, 0.05) is 46.8 Å². The number of aromatic nitrogens is 2. The molecule has 4 heterocycles. The Kier molecular flexibility index (Phi) is 7.74. The van der Waals surface area contributed by atoms with Crippen LogP contribution < -0.4 is 15.6 Å². The second-order valence-corrected chi connectivity index (χ2v) is 12.4. The molecule has 5 rings (SSSR count). The van der Waals surface area contributed by atoms with Crippen LogP contribution in [-0.2, 0) is 31.1 Å². The lowest BCUT2D eigenvalue weighted by Gasteiger charge is -2.49. The number of nitrogen functional groups attached to an aromatic ring is 1. The molecular formula is C24H25N6O7S3+. The van der Waals surface area contributed by atoms with Gasteiger partial charge in [0.15, 0.2) is 23.2 Å². The summed E-state index contributed by atoms with van der Waals surface area (Å²) in [7, 11) is 1.90. The molecule has 0 bridgehead atoms. The van der Waals surface area contributed by atoms with E-state index in [4.69, 9.17) is 10.6 Å². The highest BCUT2D eigenvalue weighted by Gasteiger charge is 2.54. The van der Waals surface area contributed by atoms with Gasteiger partial charge in [0.1, 0.15) is 29.9 Å². The number of nitrogens with one attached hydrogen (secondary N) is 1. The number of hydrogen-bond donors (Lipinski definition) is 4. The van der Waals surface area contributed by atoms with E-state index in [1.165, 1.54) is 33.8 Å². The van der Waals surface area contributed by atoms with Crippen molar-refractivity contribution in [2.24, 2.45) is 12.2 Å². The Labute approximate surface area is 240 Å². The number of rotatable bonds is 10. The number of carbonyl (C=O) groups excluding carboxylic acids is 2. The van der Waals surface area contributed by atoms with Crippen LogP contribution in [0.1, 0.15) is 25.0 Å². The average molecular weight is 606 g/mol. The number of anilines is 1. The normalized spacial score (nSPS) is 21.7. The van der Waals surface area contributed by atoms with E-state index < -0.39 is 40.8 Å². The van der Waals surface area contributed by atoms with E-state index in [1.807, 2.05) is 36.1 Å². The molecular weight excluding hydrogens is 581 g/mol. The second kappa shape index (κ2) is 11.1. The molecule has 0 spiro atoms.